The van der Waals surface area contributed by atoms with E-state index in [1.54, 1.807) is 13.8 Å². The number of amides is 1. The SMILES string of the molecule is CCC(C)C(NC(=O)c1cc(S(=O)(=O)N(CC)CC)ccc1Cl)c1nc2ccccc2[nH]1. The maximum Gasteiger partial charge on any atom is 0.253 e. The quantitative estimate of drug-likeness (QED) is 0.465. The number of carbonyl (C=O) groups excluding carboxylic acids is 1. The minimum absolute atomic E-state index is 0.0413. The van der Waals surface area contributed by atoms with Crippen LogP contribution in [0.4, 0.5) is 0 Å². The van der Waals surface area contributed by atoms with E-state index in [2.05, 4.69) is 15.3 Å². The molecule has 1 heterocycles. The highest BCUT2D eigenvalue weighted by molar-refractivity contribution is 7.89. The Morgan fingerprint density at radius 3 is 2.47 bits per heavy atom. The molecule has 2 N–H and O–H groups in total. The molecular formula is C23H29ClN4O3S. The van der Waals surface area contributed by atoms with E-state index in [1.165, 1.54) is 22.5 Å². The lowest BCUT2D eigenvalue weighted by atomic mass is 9.98. The Hall–Kier alpha value is -2.42. The van der Waals surface area contributed by atoms with Gasteiger partial charge in [-0.15, -0.1) is 0 Å². The van der Waals surface area contributed by atoms with Crippen molar-refractivity contribution in [3.05, 3.63) is 58.9 Å². The molecule has 0 aliphatic rings. The average Bonchev–Trinajstić information content (AvgIpc) is 3.21. The summed E-state index contributed by atoms with van der Waals surface area (Å²) in [5.41, 5.74) is 1.81. The van der Waals surface area contributed by atoms with Crippen LogP contribution in [0, 0.1) is 5.92 Å². The zero-order chi connectivity index (χ0) is 23.5. The lowest BCUT2D eigenvalue weighted by molar-refractivity contribution is 0.0920. The molecule has 0 fully saturated rings. The van der Waals surface area contributed by atoms with E-state index >= 15 is 0 Å². The van der Waals surface area contributed by atoms with Crippen LogP contribution in [0.25, 0.3) is 11.0 Å². The van der Waals surface area contributed by atoms with Gasteiger partial charge in [0.1, 0.15) is 5.82 Å². The summed E-state index contributed by atoms with van der Waals surface area (Å²) in [6.45, 7) is 8.29. The molecule has 1 aromatic heterocycles. The molecule has 2 aromatic carbocycles. The number of H-pyrrole nitrogens is 1. The van der Waals surface area contributed by atoms with Gasteiger partial charge in [0.2, 0.25) is 10.0 Å². The van der Waals surface area contributed by atoms with Gasteiger partial charge in [-0.1, -0.05) is 57.8 Å². The van der Waals surface area contributed by atoms with E-state index in [0.29, 0.717) is 18.9 Å². The molecular weight excluding hydrogens is 448 g/mol. The number of aromatic amines is 1. The lowest BCUT2D eigenvalue weighted by Crippen LogP contribution is -2.34. The van der Waals surface area contributed by atoms with Crippen molar-refractivity contribution in [2.75, 3.05) is 13.1 Å². The summed E-state index contributed by atoms with van der Waals surface area (Å²) < 4.78 is 27.2. The van der Waals surface area contributed by atoms with Crippen molar-refractivity contribution in [2.24, 2.45) is 5.92 Å². The van der Waals surface area contributed by atoms with Gasteiger partial charge in [0.05, 0.1) is 32.6 Å². The van der Waals surface area contributed by atoms with Crippen LogP contribution in [0.3, 0.4) is 0 Å². The first-order chi connectivity index (χ1) is 15.2. The molecule has 0 saturated carbocycles. The molecule has 32 heavy (non-hydrogen) atoms. The molecule has 0 aliphatic carbocycles. The smallest absolute Gasteiger partial charge is 0.253 e. The number of nitrogens with zero attached hydrogens (tertiary/aromatic N) is 2. The Morgan fingerprint density at radius 1 is 1.16 bits per heavy atom. The Morgan fingerprint density at radius 2 is 1.84 bits per heavy atom. The maximum absolute atomic E-state index is 13.2. The zero-order valence-corrected chi connectivity index (χ0v) is 20.3. The number of halogens is 1. The van der Waals surface area contributed by atoms with Crippen molar-refractivity contribution in [1.82, 2.24) is 19.6 Å². The maximum atomic E-state index is 13.2. The fraction of sp³-hybridized carbons (Fsp3) is 0.391. The van der Waals surface area contributed by atoms with E-state index in [-0.39, 0.29) is 27.4 Å². The van der Waals surface area contributed by atoms with E-state index in [4.69, 9.17) is 11.6 Å². The number of benzene rings is 2. The van der Waals surface area contributed by atoms with Crippen LogP contribution in [0.5, 0.6) is 0 Å². The number of hydrogen-bond acceptors (Lipinski definition) is 4. The van der Waals surface area contributed by atoms with Crippen molar-refractivity contribution < 1.29 is 13.2 Å². The highest BCUT2D eigenvalue weighted by Crippen LogP contribution is 2.27. The van der Waals surface area contributed by atoms with Crippen molar-refractivity contribution in [3.8, 4) is 0 Å². The molecule has 0 spiro atoms. The van der Waals surface area contributed by atoms with Gasteiger partial charge in [-0.25, -0.2) is 13.4 Å². The average molecular weight is 477 g/mol. The Bertz CT molecular complexity index is 1170. The van der Waals surface area contributed by atoms with Crippen molar-refractivity contribution in [3.63, 3.8) is 0 Å². The minimum Gasteiger partial charge on any atom is -0.342 e. The highest BCUT2D eigenvalue weighted by Gasteiger charge is 2.27. The van der Waals surface area contributed by atoms with Crippen molar-refractivity contribution in [2.45, 2.75) is 45.1 Å². The van der Waals surface area contributed by atoms with Crippen LogP contribution >= 0.6 is 11.6 Å². The molecule has 3 rings (SSSR count). The van der Waals surface area contributed by atoms with Gasteiger partial charge in [-0.05, 0) is 36.2 Å². The predicted molar refractivity (Wildman–Crippen MR) is 127 cm³/mol. The first kappa shape index (κ1) is 24.2. The molecule has 9 heteroatoms. The fourth-order valence-electron chi connectivity index (χ4n) is 3.61. The Kier molecular flexibility index (Phi) is 7.59. The van der Waals surface area contributed by atoms with Crippen LogP contribution < -0.4 is 5.32 Å². The van der Waals surface area contributed by atoms with E-state index in [0.717, 1.165) is 17.5 Å². The van der Waals surface area contributed by atoms with Gasteiger partial charge in [0.25, 0.3) is 5.91 Å². The lowest BCUT2D eigenvalue weighted by Gasteiger charge is -2.23. The van der Waals surface area contributed by atoms with Gasteiger partial charge in [-0.3, -0.25) is 4.79 Å². The van der Waals surface area contributed by atoms with Crippen molar-refractivity contribution >= 4 is 38.6 Å². The summed E-state index contributed by atoms with van der Waals surface area (Å²) in [5.74, 6) is 0.287. The third-order valence-electron chi connectivity index (χ3n) is 5.73. The van der Waals surface area contributed by atoms with Gasteiger partial charge >= 0.3 is 0 Å². The molecule has 1 amide bonds. The fourth-order valence-corrected chi connectivity index (χ4v) is 5.29. The normalized spacial score (nSPS) is 13.9. The highest BCUT2D eigenvalue weighted by atomic mass is 35.5. The Labute approximate surface area is 194 Å². The number of carbonyl (C=O) groups is 1. The number of para-hydroxylation sites is 2. The van der Waals surface area contributed by atoms with Crippen LogP contribution in [-0.4, -0.2) is 41.7 Å². The summed E-state index contributed by atoms with van der Waals surface area (Å²) in [4.78, 5) is 21.2. The second-order valence-corrected chi connectivity index (χ2v) is 10.1. The topological polar surface area (TPSA) is 95.2 Å². The number of imidazole rings is 1. The second-order valence-electron chi connectivity index (χ2n) is 7.71. The first-order valence-corrected chi connectivity index (χ1v) is 12.6. The van der Waals surface area contributed by atoms with Gasteiger partial charge in [0.15, 0.2) is 0 Å². The molecule has 2 atom stereocenters. The monoisotopic (exact) mass is 476 g/mol. The Balaban J connectivity index is 1.96. The standard InChI is InChI=1S/C23H29ClN4O3S/c1-5-15(4)21(22-25-19-10-8-9-11-20(19)26-22)27-23(29)17-14-16(12-13-18(17)24)32(30,31)28(6-2)7-3/h8-15,21H,5-7H2,1-4H3,(H,25,26)(H,27,29). The van der Waals surface area contributed by atoms with Gasteiger partial charge in [0, 0.05) is 13.1 Å². The van der Waals surface area contributed by atoms with Crippen LogP contribution in [0.2, 0.25) is 5.02 Å². The number of nitrogens with one attached hydrogen (secondary N) is 2. The summed E-state index contributed by atoms with van der Waals surface area (Å²) in [6, 6.07) is 11.5. The van der Waals surface area contributed by atoms with E-state index < -0.39 is 15.9 Å². The van der Waals surface area contributed by atoms with Gasteiger partial charge < -0.3 is 10.3 Å². The number of fused-ring (bicyclic) bond motifs is 1. The third kappa shape index (κ3) is 4.82. The molecule has 0 aliphatic heterocycles. The van der Waals surface area contributed by atoms with Crippen LogP contribution in [-0.2, 0) is 10.0 Å². The number of rotatable bonds is 9. The predicted octanol–water partition coefficient (Wildman–Crippen LogP) is 4.76. The van der Waals surface area contributed by atoms with Crippen LogP contribution in [0.1, 0.15) is 56.3 Å². The molecule has 172 valence electrons. The molecule has 2 unspecified atom stereocenters. The second kappa shape index (κ2) is 10.0. The molecule has 0 radical (unpaired) electrons. The summed E-state index contributed by atoms with van der Waals surface area (Å²) in [6.07, 6.45) is 0.812. The van der Waals surface area contributed by atoms with E-state index in [9.17, 15) is 13.2 Å². The molecule has 3 aromatic rings. The number of sulfonamides is 1. The first-order valence-electron chi connectivity index (χ1n) is 10.8. The van der Waals surface area contributed by atoms with Crippen molar-refractivity contribution in [1.29, 1.82) is 0 Å². The summed E-state index contributed by atoms with van der Waals surface area (Å²) in [5, 5.41) is 3.20. The van der Waals surface area contributed by atoms with E-state index in [1.807, 2.05) is 38.1 Å². The zero-order valence-electron chi connectivity index (χ0n) is 18.7. The third-order valence-corrected chi connectivity index (χ3v) is 8.10. The largest absolute Gasteiger partial charge is 0.342 e. The van der Waals surface area contributed by atoms with Crippen LogP contribution in [0.15, 0.2) is 47.4 Å². The molecule has 7 nitrogen and oxygen atoms in total. The molecule has 0 saturated heterocycles. The number of hydrogen-bond donors (Lipinski definition) is 2. The number of aromatic nitrogens is 2. The summed E-state index contributed by atoms with van der Waals surface area (Å²) in [7, 11) is -3.72. The van der Waals surface area contributed by atoms with Gasteiger partial charge in [-0.2, -0.15) is 4.31 Å². The summed E-state index contributed by atoms with van der Waals surface area (Å²) >= 11 is 6.30. The molecule has 0 bridgehead atoms. The minimum atomic E-state index is -3.72.